The molecule has 0 unspecified atom stereocenters. The van der Waals surface area contributed by atoms with Gasteiger partial charge in [-0.1, -0.05) is 49.7 Å². The molecule has 154 valence electrons. The molecule has 6 heteroatoms. The first-order valence-electron chi connectivity index (χ1n) is 10.2. The number of anilines is 1. The van der Waals surface area contributed by atoms with Gasteiger partial charge in [0.05, 0.1) is 11.4 Å². The van der Waals surface area contributed by atoms with E-state index in [4.69, 9.17) is 5.10 Å². The van der Waals surface area contributed by atoms with Gasteiger partial charge in [0.15, 0.2) is 0 Å². The van der Waals surface area contributed by atoms with Crippen LogP contribution in [0, 0.1) is 19.8 Å². The lowest BCUT2D eigenvalue weighted by Crippen LogP contribution is -2.51. The van der Waals surface area contributed by atoms with Gasteiger partial charge in [-0.3, -0.25) is 9.59 Å². The molecule has 6 nitrogen and oxygen atoms in total. The molecule has 0 aliphatic carbocycles. The average molecular weight is 402 g/mol. The number of benzene rings is 2. The van der Waals surface area contributed by atoms with Crippen molar-refractivity contribution in [2.75, 3.05) is 5.32 Å². The number of hydrogen-bond acceptors (Lipinski definition) is 3. The van der Waals surface area contributed by atoms with Crippen LogP contribution >= 0.6 is 0 Å². The fourth-order valence-corrected chi connectivity index (χ4v) is 4.22. The summed E-state index contributed by atoms with van der Waals surface area (Å²) in [5, 5.41) is 10.7. The molecule has 0 saturated heterocycles. The van der Waals surface area contributed by atoms with E-state index in [-0.39, 0.29) is 23.7 Å². The molecule has 2 atom stereocenters. The van der Waals surface area contributed by atoms with Crippen LogP contribution in [0.25, 0.3) is 5.69 Å². The summed E-state index contributed by atoms with van der Waals surface area (Å²) in [6, 6.07) is 16.4. The molecule has 0 saturated carbocycles. The zero-order chi connectivity index (χ0) is 21.4. The van der Waals surface area contributed by atoms with Crippen LogP contribution in [0.15, 0.2) is 54.6 Å². The highest BCUT2D eigenvalue weighted by Gasteiger charge is 2.42. The Morgan fingerprint density at radius 1 is 1.10 bits per heavy atom. The monoisotopic (exact) mass is 402 g/mol. The van der Waals surface area contributed by atoms with Gasteiger partial charge in [-0.25, -0.2) is 4.68 Å². The molecular formula is C24H26N4O2. The van der Waals surface area contributed by atoms with E-state index in [1.54, 1.807) is 10.7 Å². The Balaban J connectivity index is 1.73. The highest BCUT2D eigenvalue weighted by molar-refractivity contribution is 6.03. The Kier molecular flexibility index (Phi) is 5.16. The first kappa shape index (κ1) is 19.9. The van der Waals surface area contributed by atoms with Crippen LogP contribution in [0.1, 0.15) is 46.9 Å². The molecule has 1 aromatic heterocycles. The summed E-state index contributed by atoms with van der Waals surface area (Å²) in [5.74, 6) is 0.161. The Morgan fingerprint density at radius 2 is 1.83 bits per heavy atom. The van der Waals surface area contributed by atoms with Gasteiger partial charge in [-0.05, 0) is 44.0 Å². The number of aromatic nitrogens is 2. The summed E-state index contributed by atoms with van der Waals surface area (Å²) in [4.78, 5) is 26.0. The van der Waals surface area contributed by atoms with Crippen molar-refractivity contribution in [3.8, 4) is 5.69 Å². The standard InChI is InChI=1S/C24H26N4O2/c1-14(2)19-20-16(4)27-28(18-11-6-5-7-12-18)22(20)26-24(30)21(19)25-23(29)17-10-8-9-15(3)13-17/h5-14,19,21H,1-4H3,(H,25,29)(H,26,30)/t19-,21-/m0/s1. The number of fused-ring (bicyclic) bond motifs is 1. The minimum absolute atomic E-state index is 0.129. The van der Waals surface area contributed by atoms with Crippen LogP contribution in [0.2, 0.25) is 0 Å². The number of nitrogens with one attached hydrogen (secondary N) is 2. The number of carbonyl (C=O) groups is 2. The molecule has 2 amide bonds. The quantitative estimate of drug-likeness (QED) is 0.693. The lowest BCUT2D eigenvalue weighted by molar-refractivity contribution is -0.119. The average Bonchev–Trinajstić information content (AvgIpc) is 3.04. The van der Waals surface area contributed by atoms with Gasteiger partial charge in [0, 0.05) is 17.0 Å². The Hall–Kier alpha value is -3.41. The number of carbonyl (C=O) groups excluding carboxylic acids is 2. The van der Waals surface area contributed by atoms with Crippen LogP contribution in [-0.2, 0) is 4.79 Å². The predicted molar refractivity (Wildman–Crippen MR) is 117 cm³/mol. The fourth-order valence-electron chi connectivity index (χ4n) is 4.22. The van der Waals surface area contributed by atoms with Crippen LogP contribution < -0.4 is 10.6 Å². The second-order valence-corrected chi connectivity index (χ2v) is 8.17. The van der Waals surface area contributed by atoms with Gasteiger partial charge in [0.1, 0.15) is 11.9 Å². The molecule has 2 aromatic carbocycles. The number of hydrogen-bond donors (Lipinski definition) is 2. The Morgan fingerprint density at radius 3 is 2.50 bits per heavy atom. The van der Waals surface area contributed by atoms with Gasteiger partial charge in [0.2, 0.25) is 5.91 Å². The van der Waals surface area contributed by atoms with E-state index in [0.717, 1.165) is 22.5 Å². The number of amides is 2. The minimum atomic E-state index is -0.669. The third-order valence-electron chi connectivity index (χ3n) is 5.61. The van der Waals surface area contributed by atoms with E-state index >= 15 is 0 Å². The topological polar surface area (TPSA) is 76.0 Å². The van der Waals surface area contributed by atoms with Crippen molar-refractivity contribution in [3.63, 3.8) is 0 Å². The molecule has 2 heterocycles. The first-order valence-corrected chi connectivity index (χ1v) is 10.2. The molecule has 1 aliphatic heterocycles. The predicted octanol–water partition coefficient (Wildman–Crippen LogP) is 3.98. The van der Waals surface area contributed by atoms with Crippen LogP contribution in [-0.4, -0.2) is 27.6 Å². The zero-order valence-electron chi connectivity index (χ0n) is 17.6. The first-order chi connectivity index (χ1) is 14.4. The maximum atomic E-state index is 13.1. The third kappa shape index (κ3) is 3.49. The fraction of sp³-hybridized carbons (Fsp3) is 0.292. The van der Waals surface area contributed by atoms with Crippen molar-refractivity contribution >= 4 is 17.6 Å². The minimum Gasteiger partial charge on any atom is -0.340 e. The normalized spacial score (nSPS) is 18.1. The summed E-state index contributed by atoms with van der Waals surface area (Å²) in [6.07, 6.45) is 0. The number of aryl methyl sites for hydroxylation is 2. The summed E-state index contributed by atoms with van der Waals surface area (Å²) >= 11 is 0. The van der Waals surface area contributed by atoms with Crippen molar-refractivity contribution in [1.29, 1.82) is 0 Å². The smallest absolute Gasteiger partial charge is 0.251 e. The van der Waals surface area contributed by atoms with E-state index in [1.807, 2.05) is 62.4 Å². The van der Waals surface area contributed by atoms with E-state index in [9.17, 15) is 9.59 Å². The zero-order valence-corrected chi connectivity index (χ0v) is 17.6. The molecular weight excluding hydrogens is 376 g/mol. The molecule has 0 spiro atoms. The molecule has 2 N–H and O–H groups in total. The van der Waals surface area contributed by atoms with Crippen molar-refractivity contribution < 1.29 is 9.59 Å². The molecule has 0 bridgehead atoms. The lowest BCUT2D eigenvalue weighted by Gasteiger charge is -2.34. The number of para-hydroxylation sites is 1. The highest BCUT2D eigenvalue weighted by atomic mass is 16.2. The molecule has 0 radical (unpaired) electrons. The van der Waals surface area contributed by atoms with Gasteiger partial charge < -0.3 is 10.6 Å². The van der Waals surface area contributed by atoms with Gasteiger partial charge in [-0.2, -0.15) is 5.10 Å². The second-order valence-electron chi connectivity index (χ2n) is 8.17. The lowest BCUT2D eigenvalue weighted by atomic mass is 9.79. The summed E-state index contributed by atoms with van der Waals surface area (Å²) in [6.45, 7) is 8.02. The van der Waals surface area contributed by atoms with Crippen molar-refractivity contribution in [2.45, 2.75) is 39.7 Å². The molecule has 0 fully saturated rings. The summed E-state index contributed by atoms with van der Waals surface area (Å²) in [7, 11) is 0. The van der Waals surface area contributed by atoms with Crippen LogP contribution in [0.5, 0.6) is 0 Å². The van der Waals surface area contributed by atoms with Crippen molar-refractivity contribution in [2.24, 2.45) is 5.92 Å². The van der Waals surface area contributed by atoms with E-state index < -0.39 is 6.04 Å². The Labute approximate surface area is 176 Å². The molecule has 1 aliphatic rings. The number of rotatable bonds is 4. The SMILES string of the molecule is Cc1cccc(C(=O)N[C@@H]2C(=O)Nc3c(c(C)nn3-c3ccccc3)[C@@H]2C(C)C)c1. The maximum absolute atomic E-state index is 13.1. The Bertz CT molecular complexity index is 1100. The molecule has 4 rings (SSSR count). The van der Waals surface area contributed by atoms with Gasteiger partial charge >= 0.3 is 0 Å². The molecule has 3 aromatic rings. The van der Waals surface area contributed by atoms with E-state index in [1.165, 1.54) is 0 Å². The molecule has 30 heavy (non-hydrogen) atoms. The van der Waals surface area contributed by atoms with E-state index in [0.29, 0.717) is 11.4 Å². The van der Waals surface area contributed by atoms with Crippen LogP contribution in [0.4, 0.5) is 5.82 Å². The van der Waals surface area contributed by atoms with Crippen molar-refractivity contribution in [3.05, 3.63) is 77.0 Å². The van der Waals surface area contributed by atoms with Crippen molar-refractivity contribution in [1.82, 2.24) is 15.1 Å². The number of nitrogens with zero attached hydrogens (tertiary/aromatic N) is 2. The third-order valence-corrected chi connectivity index (χ3v) is 5.61. The second kappa shape index (κ2) is 7.78. The van der Waals surface area contributed by atoms with E-state index in [2.05, 4.69) is 24.5 Å². The summed E-state index contributed by atoms with van der Waals surface area (Å²) < 4.78 is 1.77. The van der Waals surface area contributed by atoms with Gasteiger partial charge in [0.25, 0.3) is 5.91 Å². The maximum Gasteiger partial charge on any atom is 0.251 e. The summed E-state index contributed by atoms with van der Waals surface area (Å²) in [5.41, 5.74) is 4.25. The van der Waals surface area contributed by atoms with Gasteiger partial charge in [-0.15, -0.1) is 0 Å². The highest BCUT2D eigenvalue weighted by Crippen LogP contribution is 2.40. The largest absolute Gasteiger partial charge is 0.340 e. The van der Waals surface area contributed by atoms with Crippen LogP contribution in [0.3, 0.4) is 0 Å².